The molecule has 4 unspecified atom stereocenters. The molecule has 1 saturated heterocycles. The monoisotopic (exact) mass is 300 g/mol. The number of alkyl halides is 3. The third kappa shape index (κ3) is 2.17. The number of aryl methyl sites for hydroxylation is 1. The molecule has 0 aromatic carbocycles. The Morgan fingerprint density at radius 1 is 1.14 bits per heavy atom. The summed E-state index contributed by atoms with van der Waals surface area (Å²) in [7, 11) is 0. The Labute approximate surface area is 121 Å². The molecule has 0 amide bonds. The van der Waals surface area contributed by atoms with Crippen LogP contribution in [0.1, 0.15) is 43.4 Å². The van der Waals surface area contributed by atoms with Crippen LogP contribution in [0.15, 0.2) is 0 Å². The first-order valence-electron chi connectivity index (χ1n) is 7.76. The van der Waals surface area contributed by atoms with Gasteiger partial charge in [0.25, 0.3) is 0 Å². The minimum atomic E-state index is -4.13. The van der Waals surface area contributed by atoms with E-state index in [-0.39, 0.29) is 19.0 Å². The van der Waals surface area contributed by atoms with Crippen LogP contribution in [0.5, 0.6) is 0 Å². The molecule has 116 valence electrons. The van der Waals surface area contributed by atoms with Crippen molar-refractivity contribution in [3.05, 3.63) is 11.6 Å². The van der Waals surface area contributed by atoms with Crippen molar-refractivity contribution in [1.82, 2.24) is 20.1 Å². The van der Waals surface area contributed by atoms with Gasteiger partial charge in [-0.3, -0.25) is 0 Å². The number of aromatic nitrogens is 3. The van der Waals surface area contributed by atoms with Crippen molar-refractivity contribution in [1.29, 1.82) is 0 Å². The van der Waals surface area contributed by atoms with Gasteiger partial charge in [0.2, 0.25) is 0 Å². The summed E-state index contributed by atoms with van der Waals surface area (Å²) in [6.07, 6.45) is -0.0325. The van der Waals surface area contributed by atoms with Crippen molar-refractivity contribution >= 4 is 0 Å². The summed E-state index contributed by atoms with van der Waals surface area (Å²) in [5.74, 6) is 1.36. The first kappa shape index (κ1) is 13.5. The summed E-state index contributed by atoms with van der Waals surface area (Å²) in [6, 6.07) is 0.0886. The van der Waals surface area contributed by atoms with Crippen molar-refractivity contribution in [2.45, 2.75) is 50.9 Å². The number of fused-ring (bicyclic) bond motifs is 2. The van der Waals surface area contributed by atoms with E-state index < -0.39 is 12.1 Å². The summed E-state index contributed by atoms with van der Waals surface area (Å²) < 4.78 is 40.7. The van der Waals surface area contributed by atoms with Gasteiger partial charge in [0.05, 0.1) is 12.0 Å². The normalized spacial score (nSPS) is 35.8. The summed E-state index contributed by atoms with van der Waals surface area (Å²) in [6.45, 7) is 0.941. The van der Waals surface area contributed by atoms with Crippen LogP contribution in [-0.4, -0.2) is 27.5 Å². The van der Waals surface area contributed by atoms with E-state index in [9.17, 15) is 13.2 Å². The lowest BCUT2D eigenvalue weighted by Gasteiger charge is -2.28. The Kier molecular flexibility index (Phi) is 3.03. The van der Waals surface area contributed by atoms with Gasteiger partial charge in [0, 0.05) is 13.0 Å². The van der Waals surface area contributed by atoms with Crippen LogP contribution in [-0.2, 0) is 13.0 Å². The molecular weight excluding hydrogens is 281 g/mol. The molecule has 1 aromatic heterocycles. The quantitative estimate of drug-likeness (QED) is 0.866. The lowest BCUT2D eigenvalue weighted by Crippen LogP contribution is -2.34. The van der Waals surface area contributed by atoms with E-state index in [1.165, 1.54) is 12.8 Å². The Bertz CT molecular complexity index is 539. The Morgan fingerprint density at radius 3 is 2.81 bits per heavy atom. The fourth-order valence-corrected chi connectivity index (χ4v) is 4.32. The summed E-state index contributed by atoms with van der Waals surface area (Å²) in [5.41, 5.74) is 0. The highest BCUT2D eigenvalue weighted by Gasteiger charge is 2.45. The first-order valence-corrected chi connectivity index (χ1v) is 7.76. The number of nitrogens with one attached hydrogen (secondary N) is 1. The molecule has 0 radical (unpaired) electrons. The third-order valence-electron chi connectivity index (χ3n) is 5.46. The standard InChI is InChI=1S/C14H19F3N4/c15-14(16,17)9-4-5-11-19-20-13(21(11)7-9)12-10-3-1-2-8(10)6-18-12/h8-10,12,18H,1-7H2. The molecule has 7 heteroatoms. The van der Waals surface area contributed by atoms with Crippen molar-refractivity contribution in [3.63, 3.8) is 0 Å². The van der Waals surface area contributed by atoms with Crippen molar-refractivity contribution in [2.24, 2.45) is 17.8 Å². The highest BCUT2D eigenvalue weighted by atomic mass is 19.4. The van der Waals surface area contributed by atoms with E-state index in [1.54, 1.807) is 4.57 Å². The van der Waals surface area contributed by atoms with E-state index >= 15 is 0 Å². The fourth-order valence-electron chi connectivity index (χ4n) is 4.32. The maximum atomic E-state index is 13.0. The Hall–Kier alpha value is -1.11. The summed E-state index contributed by atoms with van der Waals surface area (Å²) >= 11 is 0. The van der Waals surface area contributed by atoms with Crippen LogP contribution >= 0.6 is 0 Å². The van der Waals surface area contributed by atoms with Gasteiger partial charge in [0.15, 0.2) is 5.82 Å². The molecule has 1 aromatic rings. The summed E-state index contributed by atoms with van der Waals surface area (Å²) in [5, 5.41) is 11.8. The van der Waals surface area contributed by atoms with Crippen LogP contribution in [0.4, 0.5) is 13.2 Å². The molecule has 0 bridgehead atoms. The number of halogens is 3. The third-order valence-corrected chi connectivity index (χ3v) is 5.46. The van der Waals surface area contributed by atoms with Crippen LogP contribution in [0.25, 0.3) is 0 Å². The smallest absolute Gasteiger partial charge is 0.313 e. The van der Waals surface area contributed by atoms with Crippen LogP contribution in [0.2, 0.25) is 0 Å². The van der Waals surface area contributed by atoms with Gasteiger partial charge >= 0.3 is 6.18 Å². The molecule has 1 N–H and O–H groups in total. The molecule has 2 fully saturated rings. The molecule has 3 aliphatic rings. The maximum Gasteiger partial charge on any atom is 0.393 e. The highest BCUT2D eigenvalue weighted by Crippen LogP contribution is 2.44. The lowest BCUT2D eigenvalue weighted by atomic mass is 9.93. The minimum absolute atomic E-state index is 0.0171. The average Bonchev–Trinajstić information content (AvgIpc) is 3.10. The van der Waals surface area contributed by atoms with Gasteiger partial charge in [0.1, 0.15) is 5.82 Å². The van der Waals surface area contributed by atoms with E-state index in [2.05, 4.69) is 15.5 Å². The second-order valence-electron chi connectivity index (χ2n) is 6.60. The van der Waals surface area contributed by atoms with Gasteiger partial charge in [-0.15, -0.1) is 10.2 Å². The number of nitrogens with zero attached hydrogens (tertiary/aromatic N) is 3. The Morgan fingerprint density at radius 2 is 2.00 bits per heavy atom. The van der Waals surface area contributed by atoms with Crippen LogP contribution < -0.4 is 5.32 Å². The molecule has 21 heavy (non-hydrogen) atoms. The number of rotatable bonds is 1. The molecule has 4 atom stereocenters. The van der Waals surface area contributed by atoms with Gasteiger partial charge in [-0.05, 0) is 37.6 Å². The van der Waals surface area contributed by atoms with E-state index in [4.69, 9.17) is 0 Å². The highest BCUT2D eigenvalue weighted by molar-refractivity contribution is 5.10. The minimum Gasteiger partial charge on any atom is -0.313 e. The van der Waals surface area contributed by atoms with Gasteiger partial charge in [-0.1, -0.05) is 6.42 Å². The molecule has 1 aliphatic carbocycles. The largest absolute Gasteiger partial charge is 0.393 e. The second-order valence-corrected chi connectivity index (χ2v) is 6.60. The van der Waals surface area contributed by atoms with E-state index in [0.29, 0.717) is 24.1 Å². The van der Waals surface area contributed by atoms with Crippen molar-refractivity contribution in [3.8, 4) is 0 Å². The predicted octanol–water partition coefficient (Wildman–Crippen LogP) is 2.46. The fraction of sp³-hybridized carbons (Fsp3) is 0.857. The molecular formula is C14H19F3N4. The van der Waals surface area contributed by atoms with Crippen LogP contribution in [0, 0.1) is 17.8 Å². The maximum absolute atomic E-state index is 13.0. The molecule has 4 nitrogen and oxygen atoms in total. The first-order chi connectivity index (χ1) is 10.0. The van der Waals surface area contributed by atoms with Gasteiger partial charge in [-0.25, -0.2) is 0 Å². The van der Waals surface area contributed by atoms with E-state index in [1.807, 2.05) is 0 Å². The Balaban J connectivity index is 1.62. The lowest BCUT2D eigenvalue weighted by molar-refractivity contribution is -0.182. The van der Waals surface area contributed by atoms with Crippen LogP contribution in [0.3, 0.4) is 0 Å². The predicted molar refractivity (Wildman–Crippen MR) is 69.5 cm³/mol. The SMILES string of the molecule is FC(F)(F)C1CCc2nnc(C3NCC4CCCC43)n2C1. The molecule has 2 aliphatic heterocycles. The van der Waals surface area contributed by atoms with E-state index in [0.717, 1.165) is 18.8 Å². The zero-order valence-corrected chi connectivity index (χ0v) is 11.7. The molecule has 4 rings (SSSR count). The zero-order valence-electron chi connectivity index (χ0n) is 11.7. The van der Waals surface area contributed by atoms with Crippen molar-refractivity contribution in [2.75, 3.05) is 6.54 Å². The van der Waals surface area contributed by atoms with Crippen molar-refractivity contribution < 1.29 is 13.2 Å². The number of hydrogen-bond acceptors (Lipinski definition) is 3. The number of hydrogen-bond donors (Lipinski definition) is 1. The molecule has 0 spiro atoms. The molecule has 1 saturated carbocycles. The second kappa shape index (κ2) is 4.69. The average molecular weight is 300 g/mol. The summed E-state index contributed by atoms with van der Waals surface area (Å²) in [4.78, 5) is 0. The topological polar surface area (TPSA) is 42.7 Å². The zero-order chi connectivity index (χ0) is 14.6. The van der Waals surface area contributed by atoms with Gasteiger partial charge < -0.3 is 9.88 Å². The van der Waals surface area contributed by atoms with Gasteiger partial charge in [-0.2, -0.15) is 13.2 Å². The molecule has 3 heterocycles.